The molecule has 8 heteroatoms. The van der Waals surface area contributed by atoms with Crippen molar-refractivity contribution in [2.45, 2.75) is 6.54 Å². The highest BCUT2D eigenvalue weighted by Crippen LogP contribution is 2.28. The van der Waals surface area contributed by atoms with Gasteiger partial charge in [0.05, 0.1) is 21.3 Å². The van der Waals surface area contributed by atoms with Gasteiger partial charge < -0.3 is 9.72 Å². The van der Waals surface area contributed by atoms with E-state index in [0.717, 1.165) is 55.3 Å². The first-order valence-electron chi connectivity index (χ1n) is 8.46. The molecule has 0 saturated carbocycles. The molecule has 1 saturated heterocycles. The number of imidazole rings is 1. The monoisotopic (exact) mass is 371 g/mol. The molecule has 0 atom stereocenters. The largest absolute Gasteiger partial charge is 0.314 e. The van der Waals surface area contributed by atoms with Crippen molar-refractivity contribution in [1.82, 2.24) is 19.6 Å². The SMILES string of the molecule is O=[N+]([O-])c1ccc(-c2nc3ccc(Cl)cn3c2CN2CCNCC2)cc1. The molecule has 4 rings (SSSR count). The Hall–Kier alpha value is -2.48. The number of nitro groups is 1. The molecule has 0 bridgehead atoms. The Balaban J connectivity index is 1.79. The fraction of sp³-hybridized carbons (Fsp3) is 0.278. The van der Waals surface area contributed by atoms with E-state index >= 15 is 0 Å². The minimum absolute atomic E-state index is 0.0733. The first kappa shape index (κ1) is 17.0. The van der Waals surface area contributed by atoms with Crippen LogP contribution in [-0.4, -0.2) is 45.4 Å². The number of nitrogens with one attached hydrogen (secondary N) is 1. The van der Waals surface area contributed by atoms with Crippen LogP contribution < -0.4 is 5.32 Å². The maximum atomic E-state index is 10.9. The van der Waals surface area contributed by atoms with Crippen LogP contribution in [0.25, 0.3) is 16.9 Å². The number of piperazine rings is 1. The average Bonchev–Trinajstić information content (AvgIpc) is 3.00. The van der Waals surface area contributed by atoms with Crippen LogP contribution in [0.5, 0.6) is 0 Å². The minimum atomic E-state index is -0.394. The third kappa shape index (κ3) is 3.29. The molecule has 1 aromatic carbocycles. The van der Waals surface area contributed by atoms with E-state index in [0.29, 0.717) is 5.02 Å². The van der Waals surface area contributed by atoms with Crippen molar-refractivity contribution in [3.8, 4) is 11.3 Å². The Morgan fingerprint density at radius 1 is 1.15 bits per heavy atom. The predicted octanol–water partition coefficient (Wildman–Crippen LogP) is 2.97. The standard InChI is InChI=1S/C18H18ClN5O2/c19-14-3-6-17-21-18(13-1-4-15(5-2-13)24(25)26)16(23(17)11-14)12-22-9-7-20-8-10-22/h1-6,11,20H,7-10,12H2. The van der Waals surface area contributed by atoms with Crippen molar-refractivity contribution >= 4 is 22.9 Å². The van der Waals surface area contributed by atoms with Crippen LogP contribution in [0.1, 0.15) is 5.69 Å². The number of nitro benzene ring substituents is 1. The summed E-state index contributed by atoms with van der Waals surface area (Å²) in [5, 5.41) is 14.9. The molecule has 0 radical (unpaired) electrons. The number of benzene rings is 1. The van der Waals surface area contributed by atoms with Gasteiger partial charge in [-0.15, -0.1) is 0 Å². The van der Waals surface area contributed by atoms with E-state index in [4.69, 9.17) is 16.6 Å². The van der Waals surface area contributed by atoms with E-state index in [1.807, 2.05) is 22.7 Å². The molecular formula is C18H18ClN5O2. The van der Waals surface area contributed by atoms with E-state index in [1.165, 1.54) is 12.1 Å². The second-order valence-electron chi connectivity index (χ2n) is 6.31. The first-order valence-corrected chi connectivity index (χ1v) is 8.84. The summed E-state index contributed by atoms with van der Waals surface area (Å²) in [7, 11) is 0. The van der Waals surface area contributed by atoms with Gasteiger partial charge >= 0.3 is 0 Å². The van der Waals surface area contributed by atoms with Gasteiger partial charge in [-0.1, -0.05) is 11.6 Å². The van der Waals surface area contributed by atoms with E-state index < -0.39 is 4.92 Å². The van der Waals surface area contributed by atoms with Crippen LogP contribution in [-0.2, 0) is 6.54 Å². The molecule has 7 nitrogen and oxygen atoms in total. The molecule has 0 spiro atoms. The van der Waals surface area contributed by atoms with Crippen LogP contribution in [0.4, 0.5) is 5.69 Å². The zero-order valence-corrected chi connectivity index (χ0v) is 14.8. The Morgan fingerprint density at radius 2 is 1.88 bits per heavy atom. The summed E-state index contributed by atoms with van der Waals surface area (Å²) in [6, 6.07) is 10.2. The molecule has 1 aliphatic rings. The zero-order chi connectivity index (χ0) is 18.1. The van der Waals surface area contributed by atoms with E-state index in [-0.39, 0.29) is 5.69 Å². The number of nitrogens with zero attached hydrogens (tertiary/aromatic N) is 4. The zero-order valence-electron chi connectivity index (χ0n) is 14.1. The Morgan fingerprint density at radius 3 is 2.58 bits per heavy atom. The lowest BCUT2D eigenvalue weighted by atomic mass is 10.1. The summed E-state index contributed by atoms with van der Waals surface area (Å²) >= 11 is 6.20. The van der Waals surface area contributed by atoms with Crippen LogP contribution in [0.15, 0.2) is 42.6 Å². The number of aromatic nitrogens is 2. The normalized spacial score (nSPS) is 15.4. The number of halogens is 1. The fourth-order valence-electron chi connectivity index (χ4n) is 3.27. The van der Waals surface area contributed by atoms with E-state index in [1.54, 1.807) is 12.1 Å². The lowest BCUT2D eigenvalue weighted by molar-refractivity contribution is -0.384. The van der Waals surface area contributed by atoms with Gasteiger partial charge in [-0.25, -0.2) is 4.98 Å². The second kappa shape index (κ2) is 7.03. The highest BCUT2D eigenvalue weighted by molar-refractivity contribution is 6.30. The Labute approximate surface area is 155 Å². The van der Waals surface area contributed by atoms with Gasteiger partial charge in [0.15, 0.2) is 0 Å². The topological polar surface area (TPSA) is 75.7 Å². The smallest absolute Gasteiger partial charge is 0.269 e. The fourth-order valence-corrected chi connectivity index (χ4v) is 3.43. The summed E-state index contributed by atoms with van der Waals surface area (Å²) in [6.07, 6.45) is 1.87. The van der Waals surface area contributed by atoms with Crippen molar-refractivity contribution in [2.24, 2.45) is 0 Å². The van der Waals surface area contributed by atoms with Crippen LogP contribution >= 0.6 is 11.6 Å². The molecule has 3 heterocycles. The molecule has 0 unspecified atom stereocenters. The van der Waals surface area contributed by atoms with Crippen molar-refractivity contribution in [1.29, 1.82) is 0 Å². The first-order chi connectivity index (χ1) is 12.6. The van der Waals surface area contributed by atoms with Gasteiger partial charge in [-0.2, -0.15) is 0 Å². The summed E-state index contributed by atoms with van der Waals surface area (Å²) in [5.74, 6) is 0. The summed E-state index contributed by atoms with van der Waals surface area (Å²) in [6.45, 7) is 4.60. The van der Waals surface area contributed by atoms with Gasteiger partial charge in [0.25, 0.3) is 5.69 Å². The summed E-state index contributed by atoms with van der Waals surface area (Å²) in [4.78, 5) is 17.6. The van der Waals surface area contributed by atoms with Gasteiger partial charge in [0.2, 0.25) is 0 Å². The van der Waals surface area contributed by atoms with Crippen LogP contribution in [0.2, 0.25) is 5.02 Å². The third-order valence-corrected chi connectivity index (χ3v) is 4.84. The quantitative estimate of drug-likeness (QED) is 0.563. The number of hydrogen-bond acceptors (Lipinski definition) is 5. The summed E-state index contributed by atoms with van der Waals surface area (Å²) in [5.41, 5.74) is 3.62. The molecule has 0 amide bonds. The van der Waals surface area contributed by atoms with Crippen molar-refractivity contribution in [2.75, 3.05) is 26.2 Å². The predicted molar refractivity (Wildman–Crippen MR) is 100 cm³/mol. The Kier molecular flexibility index (Phi) is 4.58. The van der Waals surface area contributed by atoms with Gasteiger partial charge in [0.1, 0.15) is 5.65 Å². The molecule has 3 aromatic rings. The van der Waals surface area contributed by atoms with Gasteiger partial charge in [0, 0.05) is 56.6 Å². The second-order valence-corrected chi connectivity index (χ2v) is 6.75. The Bertz CT molecular complexity index is 948. The average molecular weight is 372 g/mol. The van der Waals surface area contributed by atoms with E-state index in [2.05, 4.69) is 10.2 Å². The van der Waals surface area contributed by atoms with Crippen LogP contribution in [0, 0.1) is 10.1 Å². The van der Waals surface area contributed by atoms with Crippen LogP contribution in [0.3, 0.4) is 0 Å². The summed E-state index contributed by atoms with van der Waals surface area (Å²) < 4.78 is 2.01. The maximum Gasteiger partial charge on any atom is 0.269 e. The molecule has 0 aliphatic carbocycles. The van der Waals surface area contributed by atoms with E-state index in [9.17, 15) is 10.1 Å². The molecule has 1 fully saturated rings. The van der Waals surface area contributed by atoms with Crippen molar-refractivity contribution in [3.05, 3.63) is 63.4 Å². The molecule has 1 N–H and O–H groups in total. The minimum Gasteiger partial charge on any atom is -0.314 e. The lowest BCUT2D eigenvalue weighted by Gasteiger charge is -2.27. The number of rotatable bonds is 4. The molecule has 134 valence electrons. The number of fused-ring (bicyclic) bond motifs is 1. The molecule has 2 aromatic heterocycles. The van der Waals surface area contributed by atoms with Crippen molar-refractivity contribution in [3.63, 3.8) is 0 Å². The molecule has 1 aliphatic heterocycles. The maximum absolute atomic E-state index is 10.9. The van der Waals surface area contributed by atoms with Gasteiger partial charge in [-0.05, 0) is 24.3 Å². The highest BCUT2D eigenvalue weighted by atomic mass is 35.5. The van der Waals surface area contributed by atoms with Crippen molar-refractivity contribution < 1.29 is 4.92 Å². The number of non-ortho nitro benzene ring substituents is 1. The van der Waals surface area contributed by atoms with Gasteiger partial charge in [-0.3, -0.25) is 15.0 Å². The lowest BCUT2D eigenvalue weighted by Crippen LogP contribution is -2.43. The number of hydrogen-bond donors (Lipinski definition) is 1. The highest BCUT2D eigenvalue weighted by Gasteiger charge is 2.19. The molecule has 26 heavy (non-hydrogen) atoms. The molecular weight excluding hydrogens is 354 g/mol. The third-order valence-electron chi connectivity index (χ3n) is 4.62. The number of pyridine rings is 1.